The van der Waals surface area contributed by atoms with Crippen molar-refractivity contribution in [2.45, 2.75) is 25.8 Å². The van der Waals surface area contributed by atoms with Crippen molar-refractivity contribution < 1.29 is 15.0 Å². The lowest BCUT2D eigenvalue weighted by molar-refractivity contribution is 0.0698. The van der Waals surface area contributed by atoms with Gasteiger partial charge in [0.2, 0.25) is 0 Å². The number of carboxylic acids is 1. The third-order valence-corrected chi connectivity index (χ3v) is 3.15. The van der Waals surface area contributed by atoms with Gasteiger partial charge in [0, 0.05) is 12.6 Å². The van der Waals surface area contributed by atoms with Crippen LogP contribution >= 0.6 is 0 Å². The monoisotopic (exact) mass is 248 g/mol. The Bertz CT molecular complexity index is 562. The maximum atomic E-state index is 11.2. The van der Waals surface area contributed by atoms with Gasteiger partial charge < -0.3 is 14.8 Å². The summed E-state index contributed by atoms with van der Waals surface area (Å²) in [6.45, 7) is 2.09. The molecule has 0 saturated carbocycles. The molecule has 0 fully saturated rings. The number of fused-ring (bicyclic) bond motifs is 1. The first-order chi connectivity index (χ1) is 8.69. The fourth-order valence-corrected chi connectivity index (χ4v) is 2.23. The Balaban J connectivity index is 2.60. The molecule has 0 bridgehead atoms. The Morgan fingerprint density at radius 3 is 2.89 bits per heavy atom. The van der Waals surface area contributed by atoms with E-state index >= 15 is 0 Å². The number of carboxylic acid groups (broad SMARTS) is 1. The van der Waals surface area contributed by atoms with Crippen LogP contribution in [0, 0.1) is 0 Å². The van der Waals surface area contributed by atoms with Gasteiger partial charge in [-0.25, -0.2) is 9.78 Å². The van der Waals surface area contributed by atoms with Gasteiger partial charge in [-0.1, -0.05) is 13.0 Å². The van der Waals surface area contributed by atoms with Crippen LogP contribution in [0.4, 0.5) is 0 Å². The van der Waals surface area contributed by atoms with Gasteiger partial charge in [-0.05, 0) is 25.0 Å². The lowest BCUT2D eigenvalue weighted by Gasteiger charge is -2.17. The molecule has 1 atom stereocenters. The van der Waals surface area contributed by atoms with Crippen LogP contribution in [0.2, 0.25) is 0 Å². The topological polar surface area (TPSA) is 75.3 Å². The molecule has 5 heteroatoms. The summed E-state index contributed by atoms with van der Waals surface area (Å²) >= 11 is 0. The minimum absolute atomic E-state index is 0.0699. The molecule has 2 aromatic rings. The summed E-state index contributed by atoms with van der Waals surface area (Å²) in [5, 5.41) is 18.3. The van der Waals surface area contributed by atoms with E-state index < -0.39 is 5.97 Å². The van der Waals surface area contributed by atoms with Gasteiger partial charge >= 0.3 is 5.97 Å². The zero-order valence-corrected chi connectivity index (χ0v) is 10.2. The van der Waals surface area contributed by atoms with Crippen molar-refractivity contribution in [1.29, 1.82) is 0 Å². The van der Waals surface area contributed by atoms with E-state index in [2.05, 4.69) is 4.98 Å². The van der Waals surface area contributed by atoms with Crippen molar-refractivity contribution in [2.24, 2.45) is 0 Å². The molecule has 0 aliphatic heterocycles. The Labute approximate surface area is 105 Å². The number of hydrogen-bond acceptors (Lipinski definition) is 3. The smallest absolute Gasteiger partial charge is 0.337 e. The van der Waals surface area contributed by atoms with E-state index in [1.54, 1.807) is 24.5 Å². The van der Waals surface area contributed by atoms with Crippen molar-refractivity contribution >= 4 is 17.0 Å². The first-order valence-electron chi connectivity index (χ1n) is 5.98. The molecule has 96 valence electrons. The zero-order chi connectivity index (χ0) is 13.1. The van der Waals surface area contributed by atoms with Gasteiger partial charge in [0.25, 0.3) is 0 Å². The van der Waals surface area contributed by atoms with Gasteiger partial charge in [-0.3, -0.25) is 0 Å². The molecule has 0 spiro atoms. The van der Waals surface area contributed by atoms with Crippen molar-refractivity contribution in [3.8, 4) is 0 Å². The number of aliphatic hydroxyl groups is 1. The molecule has 1 aromatic carbocycles. The van der Waals surface area contributed by atoms with E-state index in [1.807, 2.05) is 11.5 Å². The minimum atomic E-state index is -0.957. The second-order valence-corrected chi connectivity index (χ2v) is 4.20. The third kappa shape index (κ3) is 2.09. The van der Waals surface area contributed by atoms with E-state index in [4.69, 9.17) is 5.11 Å². The molecule has 5 nitrogen and oxygen atoms in total. The van der Waals surface area contributed by atoms with E-state index in [-0.39, 0.29) is 18.2 Å². The summed E-state index contributed by atoms with van der Waals surface area (Å²) in [7, 11) is 0. The number of aromatic carboxylic acids is 1. The van der Waals surface area contributed by atoms with Crippen LogP contribution in [-0.4, -0.2) is 32.3 Å². The Morgan fingerprint density at radius 2 is 2.28 bits per heavy atom. The van der Waals surface area contributed by atoms with Crippen molar-refractivity contribution in [3.05, 3.63) is 30.1 Å². The quantitative estimate of drug-likeness (QED) is 0.849. The second-order valence-electron chi connectivity index (χ2n) is 4.20. The number of imidazole rings is 1. The lowest BCUT2D eigenvalue weighted by atomic mass is 10.1. The summed E-state index contributed by atoms with van der Waals surface area (Å²) in [6, 6.07) is 5.13. The zero-order valence-electron chi connectivity index (χ0n) is 10.2. The van der Waals surface area contributed by atoms with E-state index in [1.165, 1.54) is 0 Å². The van der Waals surface area contributed by atoms with Crippen molar-refractivity contribution in [2.75, 3.05) is 6.61 Å². The number of aliphatic hydroxyl groups excluding tert-OH is 1. The molecule has 1 aromatic heterocycles. The molecule has 0 aliphatic rings. The summed E-state index contributed by atoms with van der Waals surface area (Å²) < 4.78 is 1.86. The van der Waals surface area contributed by atoms with E-state index in [0.29, 0.717) is 17.5 Å². The maximum Gasteiger partial charge on any atom is 0.337 e. The Morgan fingerprint density at radius 1 is 1.50 bits per heavy atom. The van der Waals surface area contributed by atoms with Crippen LogP contribution in [-0.2, 0) is 0 Å². The molecule has 2 N–H and O–H groups in total. The highest BCUT2D eigenvalue weighted by atomic mass is 16.4. The fraction of sp³-hybridized carbons (Fsp3) is 0.385. The number of aromatic nitrogens is 2. The molecular weight excluding hydrogens is 232 g/mol. The molecule has 18 heavy (non-hydrogen) atoms. The third-order valence-electron chi connectivity index (χ3n) is 3.15. The summed E-state index contributed by atoms with van der Waals surface area (Å²) in [5.41, 5.74) is 1.55. The standard InChI is InChI=1S/C13H16N2O3/c1-2-9(6-7-16)15-8-14-11-5-3-4-10(12(11)15)13(17)18/h3-5,8-9,16H,2,6-7H2,1H3,(H,17,18). The van der Waals surface area contributed by atoms with Crippen molar-refractivity contribution in [1.82, 2.24) is 9.55 Å². The second kappa shape index (κ2) is 5.18. The summed E-state index contributed by atoms with van der Waals surface area (Å²) in [5.74, 6) is -0.957. The number of hydrogen-bond donors (Lipinski definition) is 2. The molecule has 0 aliphatic carbocycles. The lowest BCUT2D eigenvalue weighted by Crippen LogP contribution is -2.11. The molecule has 2 rings (SSSR count). The minimum Gasteiger partial charge on any atom is -0.478 e. The van der Waals surface area contributed by atoms with Crippen LogP contribution in [0.3, 0.4) is 0 Å². The van der Waals surface area contributed by atoms with Gasteiger partial charge in [0.05, 0.1) is 22.9 Å². The van der Waals surface area contributed by atoms with Crippen LogP contribution < -0.4 is 0 Å². The average molecular weight is 248 g/mol. The number of nitrogens with zero attached hydrogens (tertiary/aromatic N) is 2. The molecule has 0 amide bonds. The van der Waals surface area contributed by atoms with Gasteiger partial charge in [0.15, 0.2) is 0 Å². The van der Waals surface area contributed by atoms with Crippen LogP contribution in [0.5, 0.6) is 0 Å². The fourth-order valence-electron chi connectivity index (χ4n) is 2.23. The number of rotatable bonds is 5. The van der Waals surface area contributed by atoms with Gasteiger partial charge in [-0.2, -0.15) is 0 Å². The summed E-state index contributed by atoms with van der Waals surface area (Å²) in [6.07, 6.45) is 3.07. The highest BCUT2D eigenvalue weighted by Crippen LogP contribution is 2.25. The summed E-state index contributed by atoms with van der Waals surface area (Å²) in [4.78, 5) is 15.5. The Hall–Kier alpha value is -1.88. The van der Waals surface area contributed by atoms with Crippen molar-refractivity contribution in [3.63, 3.8) is 0 Å². The van der Waals surface area contributed by atoms with Crippen LogP contribution in [0.1, 0.15) is 36.2 Å². The Kier molecular flexibility index (Phi) is 3.62. The first kappa shape index (κ1) is 12.6. The average Bonchev–Trinajstić information content (AvgIpc) is 2.79. The van der Waals surface area contributed by atoms with Crippen LogP contribution in [0.25, 0.3) is 11.0 Å². The highest BCUT2D eigenvalue weighted by Gasteiger charge is 2.17. The van der Waals surface area contributed by atoms with Gasteiger partial charge in [0.1, 0.15) is 0 Å². The molecule has 0 radical (unpaired) electrons. The predicted molar refractivity (Wildman–Crippen MR) is 67.7 cm³/mol. The molecule has 1 heterocycles. The highest BCUT2D eigenvalue weighted by molar-refractivity contribution is 6.01. The van der Waals surface area contributed by atoms with E-state index in [0.717, 1.165) is 6.42 Å². The normalized spacial score (nSPS) is 12.8. The molecule has 1 unspecified atom stereocenters. The molecular formula is C13H16N2O3. The van der Waals surface area contributed by atoms with Gasteiger partial charge in [-0.15, -0.1) is 0 Å². The SMILES string of the molecule is CCC(CCO)n1cnc2cccc(C(=O)O)c21. The largest absolute Gasteiger partial charge is 0.478 e. The maximum absolute atomic E-state index is 11.2. The van der Waals surface area contributed by atoms with E-state index in [9.17, 15) is 9.90 Å². The number of para-hydroxylation sites is 1. The predicted octanol–water partition coefficient (Wildman–Crippen LogP) is 2.07. The number of benzene rings is 1. The first-order valence-corrected chi connectivity index (χ1v) is 5.98. The van der Waals surface area contributed by atoms with Crippen LogP contribution in [0.15, 0.2) is 24.5 Å². The number of carbonyl (C=O) groups is 1. The molecule has 0 saturated heterocycles.